The highest BCUT2D eigenvalue weighted by molar-refractivity contribution is 5.86. The normalized spacial score (nSPS) is 31.5. The van der Waals surface area contributed by atoms with E-state index in [-0.39, 0.29) is 24.1 Å². The summed E-state index contributed by atoms with van der Waals surface area (Å²) in [6, 6.07) is -0.499. The smallest absolute Gasteiger partial charge is 0.305 e. The lowest BCUT2D eigenvalue weighted by Crippen LogP contribution is -2.34. The van der Waals surface area contributed by atoms with E-state index >= 15 is 0 Å². The summed E-state index contributed by atoms with van der Waals surface area (Å²) in [7, 11) is 0. The minimum atomic E-state index is -0.499. The molecule has 74 valence electrons. The van der Waals surface area contributed by atoms with Crippen molar-refractivity contribution in [2.75, 3.05) is 6.61 Å². The molecule has 0 amide bonds. The SMILES string of the molecule is CC1CCOC(=O)CCC(N)C1=O. The van der Waals surface area contributed by atoms with Crippen molar-refractivity contribution in [3.8, 4) is 0 Å². The Bertz CT molecular complexity index is 215. The molecule has 0 radical (unpaired) electrons. The average Bonchev–Trinajstić information content (AvgIpc) is 2.15. The third-order valence-electron chi connectivity index (χ3n) is 2.32. The third kappa shape index (κ3) is 2.81. The van der Waals surface area contributed by atoms with Crippen molar-refractivity contribution in [2.45, 2.75) is 32.2 Å². The molecule has 1 aliphatic heterocycles. The van der Waals surface area contributed by atoms with Gasteiger partial charge >= 0.3 is 5.97 Å². The number of ketones is 1. The van der Waals surface area contributed by atoms with Gasteiger partial charge in [0.1, 0.15) is 0 Å². The van der Waals surface area contributed by atoms with Crippen molar-refractivity contribution in [2.24, 2.45) is 11.7 Å². The fraction of sp³-hybridized carbons (Fsp3) is 0.778. The number of ether oxygens (including phenoxy) is 1. The van der Waals surface area contributed by atoms with Crippen LogP contribution in [0, 0.1) is 5.92 Å². The first-order valence-electron chi connectivity index (χ1n) is 4.56. The number of Topliss-reactive ketones (excluding diaryl/α,β-unsaturated/α-hetero) is 1. The summed E-state index contributed by atoms with van der Waals surface area (Å²) >= 11 is 0. The van der Waals surface area contributed by atoms with E-state index in [1.165, 1.54) is 0 Å². The number of rotatable bonds is 0. The predicted molar refractivity (Wildman–Crippen MR) is 47.0 cm³/mol. The summed E-state index contributed by atoms with van der Waals surface area (Å²) in [5.74, 6) is -0.309. The maximum Gasteiger partial charge on any atom is 0.305 e. The van der Waals surface area contributed by atoms with E-state index in [0.29, 0.717) is 19.4 Å². The molecule has 1 rings (SSSR count). The number of carbonyl (C=O) groups excluding carboxylic acids is 2. The quantitative estimate of drug-likeness (QED) is 0.549. The third-order valence-corrected chi connectivity index (χ3v) is 2.32. The van der Waals surface area contributed by atoms with Crippen LogP contribution in [0.4, 0.5) is 0 Å². The molecule has 0 aliphatic carbocycles. The topological polar surface area (TPSA) is 69.4 Å². The van der Waals surface area contributed by atoms with Crippen molar-refractivity contribution in [1.29, 1.82) is 0 Å². The minimum absolute atomic E-state index is 0.0401. The molecule has 0 aromatic heterocycles. The van der Waals surface area contributed by atoms with Gasteiger partial charge in [0.25, 0.3) is 0 Å². The van der Waals surface area contributed by atoms with Gasteiger partial charge in [-0.2, -0.15) is 0 Å². The Balaban J connectivity index is 2.60. The summed E-state index contributed by atoms with van der Waals surface area (Å²) in [4.78, 5) is 22.4. The van der Waals surface area contributed by atoms with Gasteiger partial charge in [0.2, 0.25) is 0 Å². The molecule has 0 aromatic carbocycles. The molecule has 0 saturated carbocycles. The summed E-state index contributed by atoms with van der Waals surface area (Å²) in [6.45, 7) is 2.15. The van der Waals surface area contributed by atoms with Crippen LogP contribution in [0.1, 0.15) is 26.2 Å². The van der Waals surface area contributed by atoms with Crippen LogP contribution in [0.5, 0.6) is 0 Å². The van der Waals surface area contributed by atoms with Gasteiger partial charge in [-0.25, -0.2) is 0 Å². The molecule has 2 unspecified atom stereocenters. The summed E-state index contributed by atoms with van der Waals surface area (Å²) in [5.41, 5.74) is 5.61. The highest BCUT2D eigenvalue weighted by Crippen LogP contribution is 2.12. The van der Waals surface area contributed by atoms with Gasteiger partial charge in [0.05, 0.1) is 12.6 Å². The first-order chi connectivity index (χ1) is 6.11. The molecular weight excluding hydrogens is 170 g/mol. The summed E-state index contributed by atoms with van der Waals surface area (Å²) in [5, 5.41) is 0. The second-order valence-electron chi connectivity index (χ2n) is 3.46. The van der Waals surface area contributed by atoms with Crippen LogP contribution >= 0.6 is 0 Å². The Labute approximate surface area is 77.4 Å². The van der Waals surface area contributed by atoms with Crippen molar-refractivity contribution < 1.29 is 14.3 Å². The Morgan fingerprint density at radius 1 is 1.38 bits per heavy atom. The first-order valence-corrected chi connectivity index (χ1v) is 4.56. The van der Waals surface area contributed by atoms with Crippen LogP contribution in [0.3, 0.4) is 0 Å². The lowest BCUT2D eigenvalue weighted by Gasteiger charge is -2.12. The Morgan fingerprint density at radius 2 is 2.08 bits per heavy atom. The highest BCUT2D eigenvalue weighted by atomic mass is 16.5. The summed E-state index contributed by atoms with van der Waals surface area (Å²) in [6.07, 6.45) is 1.24. The van der Waals surface area contributed by atoms with Crippen LogP contribution < -0.4 is 5.73 Å². The van der Waals surface area contributed by atoms with Gasteiger partial charge in [-0.3, -0.25) is 9.59 Å². The molecule has 1 saturated heterocycles. The van der Waals surface area contributed by atoms with E-state index in [4.69, 9.17) is 10.5 Å². The number of hydrogen-bond acceptors (Lipinski definition) is 4. The molecule has 0 aromatic rings. The van der Waals surface area contributed by atoms with E-state index in [9.17, 15) is 9.59 Å². The lowest BCUT2D eigenvalue weighted by atomic mass is 9.95. The Kier molecular flexibility index (Phi) is 3.42. The zero-order valence-electron chi connectivity index (χ0n) is 7.79. The number of esters is 1. The zero-order valence-corrected chi connectivity index (χ0v) is 7.79. The lowest BCUT2D eigenvalue weighted by molar-refractivity contribution is -0.143. The second kappa shape index (κ2) is 4.37. The number of nitrogens with two attached hydrogens (primary N) is 1. The molecule has 1 aliphatic rings. The molecule has 4 heteroatoms. The Morgan fingerprint density at radius 3 is 2.77 bits per heavy atom. The van der Waals surface area contributed by atoms with Gasteiger partial charge < -0.3 is 10.5 Å². The maximum atomic E-state index is 11.5. The molecule has 2 N–H and O–H groups in total. The van der Waals surface area contributed by atoms with Gasteiger partial charge in [-0.1, -0.05) is 6.92 Å². The van der Waals surface area contributed by atoms with Crippen LogP contribution in [0.15, 0.2) is 0 Å². The predicted octanol–water partition coefficient (Wildman–Crippen LogP) is 0.246. The van der Waals surface area contributed by atoms with Crippen LogP contribution in [-0.2, 0) is 14.3 Å². The largest absolute Gasteiger partial charge is 0.466 e. The standard InChI is InChI=1S/C9H15NO3/c1-6-4-5-13-8(11)3-2-7(10)9(6)12/h6-7H,2-5,10H2,1H3. The van der Waals surface area contributed by atoms with Crippen LogP contribution in [0.25, 0.3) is 0 Å². The van der Waals surface area contributed by atoms with Gasteiger partial charge in [0, 0.05) is 12.3 Å². The van der Waals surface area contributed by atoms with Crippen molar-refractivity contribution in [3.63, 3.8) is 0 Å². The second-order valence-corrected chi connectivity index (χ2v) is 3.46. The van der Waals surface area contributed by atoms with Crippen molar-refractivity contribution in [3.05, 3.63) is 0 Å². The molecule has 0 bridgehead atoms. The van der Waals surface area contributed by atoms with Gasteiger partial charge in [-0.05, 0) is 12.8 Å². The maximum absolute atomic E-state index is 11.5. The number of carbonyl (C=O) groups is 2. The van der Waals surface area contributed by atoms with E-state index in [2.05, 4.69) is 0 Å². The molecule has 1 fully saturated rings. The highest BCUT2D eigenvalue weighted by Gasteiger charge is 2.23. The zero-order chi connectivity index (χ0) is 9.84. The minimum Gasteiger partial charge on any atom is -0.466 e. The molecule has 13 heavy (non-hydrogen) atoms. The van der Waals surface area contributed by atoms with E-state index in [1.807, 2.05) is 6.92 Å². The van der Waals surface area contributed by atoms with E-state index in [1.54, 1.807) is 0 Å². The average molecular weight is 185 g/mol. The van der Waals surface area contributed by atoms with Crippen molar-refractivity contribution >= 4 is 11.8 Å². The van der Waals surface area contributed by atoms with Crippen LogP contribution in [0.2, 0.25) is 0 Å². The Hall–Kier alpha value is -0.900. The van der Waals surface area contributed by atoms with E-state index < -0.39 is 6.04 Å². The summed E-state index contributed by atoms with van der Waals surface area (Å²) < 4.78 is 4.88. The fourth-order valence-electron chi connectivity index (χ4n) is 1.35. The van der Waals surface area contributed by atoms with Crippen LogP contribution in [-0.4, -0.2) is 24.4 Å². The van der Waals surface area contributed by atoms with Crippen molar-refractivity contribution in [1.82, 2.24) is 0 Å². The van der Waals surface area contributed by atoms with Gasteiger partial charge in [0.15, 0.2) is 5.78 Å². The number of cyclic esters (lactones) is 1. The monoisotopic (exact) mass is 185 g/mol. The molecule has 1 heterocycles. The van der Waals surface area contributed by atoms with Gasteiger partial charge in [-0.15, -0.1) is 0 Å². The molecule has 2 atom stereocenters. The molecular formula is C9H15NO3. The first kappa shape index (κ1) is 10.2. The molecule has 4 nitrogen and oxygen atoms in total. The fourth-order valence-corrected chi connectivity index (χ4v) is 1.35. The molecule has 0 spiro atoms. The van der Waals surface area contributed by atoms with E-state index in [0.717, 1.165) is 0 Å². The number of hydrogen-bond donors (Lipinski definition) is 1.